The molecule has 1 atom stereocenters. The van der Waals surface area contributed by atoms with Gasteiger partial charge in [-0.2, -0.15) is 0 Å². The van der Waals surface area contributed by atoms with E-state index in [4.69, 9.17) is 5.11 Å². The molecule has 70 valence electrons. The van der Waals surface area contributed by atoms with Gasteiger partial charge in [0.05, 0.1) is 0 Å². The smallest absolute Gasteiger partial charge is 0.251 e. The summed E-state index contributed by atoms with van der Waals surface area (Å²) in [6.45, 7) is 4.79. The topological polar surface area (TPSA) is 43.8 Å². The largest absolute Gasteiger partial charge is 0.384 e. The van der Waals surface area contributed by atoms with E-state index in [1.807, 2.05) is 7.05 Å². The first-order chi connectivity index (χ1) is 5.61. The number of amides is 1. The van der Waals surface area contributed by atoms with Gasteiger partial charge in [0.15, 0.2) is 0 Å². The average molecular weight is 172 g/mol. The van der Waals surface area contributed by atoms with Gasteiger partial charge in [0.25, 0.3) is 5.91 Å². The van der Waals surface area contributed by atoms with E-state index < -0.39 is 6.10 Å². The van der Waals surface area contributed by atoms with Crippen LogP contribution in [-0.2, 0) is 4.79 Å². The molecule has 1 saturated heterocycles. The summed E-state index contributed by atoms with van der Waals surface area (Å²) in [5, 5.41) is 9.03. The van der Waals surface area contributed by atoms with E-state index in [0.717, 1.165) is 26.2 Å². The van der Waals surface area contributed by atoms with Gasteiger partial charge in [-0.15, -0.1) is 0 Å². The minimum Gasteiger partial charge on any atom is -0.384 e. The van der Waals surface area contributed by atoms with E-state index in [9.17, 15) is 4.79 Å². The molecule has 0 bridgehead atoms. The Kier molecular flexibility index (Phi) is 3.05. The number of carbonyl (C=O) groups excluding carboxylic acids is 1. The zero-order valence-electron chi connectivity index (χ0n) is 7.66. The summed E-state index contributed by atoms with van der Waals surface area (Å²) in [4.78, 5) is 15.1. The van der Waals surface area contributed by atoms with Crippen LogP contribution in [0, 0.1) is 0 Å². The number of piperazine rings is 1. The fourth-order valence-electron chi connectivity index (χ4n) is 1.29. The van der Waals surface area contributed by atoms with Gasteiger partial charge in [0.1, 0.15) is 6.10 Å². The van der Waals surface area contributed by atoms with Crippen LogP contribution in [0.5, 0.6) is 0 Å². The molecule has 4 heteroatoms. The molecule has 12 heavy (non-hydrogen) atoms. The first kappa shape index (κ1) is 9.48. The molecule has 1 aliphatic heterocycles. The summed E-state index contributed by atoms with van der Waals surface area (Å²) in [6, 6.07) is 0. The highest BCUT2D eigenvalue weighted by Crippen LogP contribution is 2.01. The Hall–Kier alpha value is -0.610. The molecule has 1 heterocycles. The lowest BCUT2D eigenvalue weighted by atomic mass is 10.3. The maximum absolute atomic E-state index is 11.3. The second-order valence-electron chi connectivity index (χ2n) is 3.30. The molecule has 0 aromatic heterocycles. The highest BCUT2D eigenvalue weighted by molar-refractivity contribution is 5.80. The van der Waals surface area contributed by atoms with Crippen molar-refractivity contribution >= 4 is 5.91 Å². The molecule has 0 radical (unpaired) electrons. The minimum absolute atomic E-state index is 0.150. The van der Waals surface area contributed by atoms with Crippen LogP contribution in [0.15, 0.2) is 0 Å². The molecule has 1 fully saturated rings. The SMILES string of the molecule is C[C@@H](O)C(=O)N1CCN(C)CC1. The highest BCUT2D eigenvalue weighted by Gasteiger charge is 2.21. The predicted octanol–water partition coefficient (Wildman–Crippen LogP) is -0.859. The molecule has 0 unspecified atom stereocenters. The number of rotatable bonds is 1. The van der Waals surface area contributed by atoms with Crippen LogP contribution in [0.25, 0.3) is 0 Å². The Morgan fingerprint density at radius 2 is 1.83 bits per heavy atom. The summed E-state index contributed by atoms with van der Waals surface area (Å²) in [6.07, 6.45) is -0.853. The van der Waals surface area contributed by atoms with Crippen molar-refractivity contribution in [3.8, 4) is 0 Å². The molecule has 1 N–H and O–H groups in total. The van der Waals surface area contributed by atoms with Gasteiger partial charge < -0.3 is 14.9 Å². The minimum atomic E-state index is -0.853. The fourth-order valence-corrected chi connectivity index (χ4v) is 1.29. The Morgan fingerprint density at radius 1 is 1.33 bits per heavy atom. The zero-order valence-corrected chi connectivity index (χ0v) is 7.66. The van der Waals surface area contributed by atoms with E-state index in [1.165, 1.54) is 6.92 Å². The van der Waals surface area contributed by atoms with Gasteiger partial charge in [-0.25, -0.2) is 0 Å². The monoisotopic (exact) mass is 172 g/mol. The van der Waals surface area contributed by atoms with Gasteiger partial charge in [0, 0.05) is 26.2 Å². The molecular formula is C8H16N2O2. The van der Waals surface area contributed by atoms with Gasteiger partial charge in [-0.3, -0.25) is 4.79 Å². The fraction of sp³-hybridized carbons (Fsp3) is 0.875. The van der Waals surface area contributed by atoms with Crippen LogP contribution >= 0.6 is 0 Å². The van der Waals surface area contributed by atoms with Crippen LogP contribution in [0.4, 0.5) is 0 Å². The van der Waals surface area contributed by atoms with Crippen molar-refractivity contribution in [3.05, 3.63) is 0 Å². The van der Waals surface area contributed by atoms with Crippen molar-refractivity contribution in [2.24, 2.45) is 0 Å². The van der Waals surface area contributed by atoms with Gasteiger partial charge in [-0.1, -0.05) is 0 Å². The maximum Gasteiger partial charge on any atom is 0.251 e. The van der Waals surface area contributed by atoms with Crippen LogP contribution in [0.2, 0.25) is 0 Å². The summed E-state index contributed by atoms with van der Waals surface area (Å²) in [5.41, 5.74) is 0. The molecule has 0 saturated carbocycles. The predicted molar refractivity (Wildman–Crippen MR) is 45.8 cm³/mol. The first-order valence-electron chi connectivity index (χ1n) is 4.26. The van der Waals surface area contributed by atoms with Gasteiger partial charge in [0.2, 0.25) is 0 Å². The second-order valence-corrected chi connectivity index (χ2v) is 3.30. The standard InChI is InChI=1S/C8H16N2O2/c1-7(11)8(12)10-5-3-9(2)4-6-10/h7,11H,3-6H2,1-2H3/t7-/m1/s1. The molecular weight excluding hydrogens is 156 g/mol. The van der Waals surface area contributed by atoms with E-state index in [2.05, 4.69) is 4.90 Å². The second kappa shape index (κ2) is 3.87. The van der Waals surface area contributed by atoms with Crippen molar-refractivity contribution in [1.82, 2.24) is 9.80 Å². The average Bonchev–Trinajstić information content (AvgIpc) is 2.04. The number of hydrogen-bond acceptors (Lipinski definition) is 3. The molecule has 0 spiro atoms. The lowest BCUT2D eigenvalue weighted by Gasteiger charge is -2.33. The Morgan fingerprint density at radius 3 is 2.25 bits per heavy atom. The van der Waals surface area contributed by atoms with Crippen molar-refractivity contribution in [2.45, 2.75) is 13.0 Å². The summed E-state index contributed by atoms with van der Waals surface area (Å²) < 4.78 is 0. The summed E-state index contributed by atoms with van der Waals surface area (Å²) >= 11 is 0. The molecule has 0 aliphatic carbocycles. The normalized spacial score (nSPS) is 22.4. The molecule has 4 nitrogen and oxygen atoms in total. The Labute approximate surface area is 72.8 Å². The Balaban J connectivity index is 2.39. The molecule has 0 aromatic carbocycles. The van der Waals surface area contributed by atoms with E-state index in [0.29, 0.717) is 0 Å². The van der Waals surface area contributed by atoms with Crippen molar-refractivity contribution in [3.63, 3.8) is 0 Å². The van der Waals surface area contributed by atoms with Crippen molar-refractivity contribution in [2.75, 3.05) is 33.2 Å². The molecule has 0 aromatic rings. The highest BCUT2D eigenvalue weighted by atomic mass is 16.3. The third kappa shape index (κ3) is 2.19. The van der Waals surface area contributed by atoms with Crippen LogP contribution in [0.1, 0.15) is 6.92 Å². The number of carbonyl (C=O) groups is 1. The van der Waals surface area contributed by atoms with Crippen molar-refractivity contribution < 1.29 is 9.90 Å². The number of aliphatic hydroxyl groups excluding tert-OH is 1. The quantitative estimate of drug-likeness (QED) is 0.560. The van der Waals surface area contributed by atoms with Crippen molar-refractivity contribution in [1.29, 1.82) is 0 Å². The number of likely N-dealkylation sites (N-methyl/N-ethyl adjacent to an activating group) is 1. The third-order valence-corrected chi connectivity index (χ3v) is 2.17. The lowest BCUT2D eigenvalue weighted by molar-refractivity contribution is -0.140. The van der Waals surface area contributed by atoms with Crippen LogP contribution in [-0.4, -0.2) is 60.1 Å². The Bertz CT molecular complexity index is 162. The first-order valence-corrected chi connectivity index (χ1v) is 4.26. The molecule has 1 amide bonds. The zero-order chi connectivity index (χ0) is 9.14. The summed E-state index contributed by atoms with van der Waals surface area (Å²) in [7, 11) is 2.03. The van der Waals surface area contributed by atoms with E-state index in [-0.39, 0.29) is 5.91 Å². The van der Waals surface area contributed by atoms with E-state index in [1.54, 1.807) is 4.90 Å². The molecule has 1 rings (SSSR count). The molecule has 1 aliphatic rings. The lowest BCUT2D eigenvalue weighted by Crippen LogP contribution is -2.49. The third-order valence-electron chi connectivity index (χ3n) is 2.17. The van der Waals surface area contributed by atoms with Crippen LogP contribution < -0.4 is 0 Å². The van der Waals surface area contributed by atoms with Gasteiger partial charge >= 0.3 is 0 Å². The van der Waals surface area contributed by atoms with E-state index >= 15 is 0 Å². The summed E-state index contributed by atoms with van der Waals surface area (Å²) in [5.74, 6) is -0.150. The number of aliphatic hydroxyl groups is 1. The van der Waals surface area contributed by atoms with Gasteiger partial charge in [-0.05, 0) is 14.0 Å². The number of hydrogen-bond donors (Lipinski definition) is 1. The van der Waals surface area contributed by atoms with Crippen LogP contribution in [0.3, 0.4) is 0 Å². The maximum atomic E-state index is 11.3. The number of nitrogens with zero attached hydrogens (tertiary/aromatic N) is 2.